The van der Waals surface area contributed by atoms with Crippen LogP contribution in [0.25, 0.3) is 11.1 Å². The number of fused-ring (bicyclic) bond motifs is 2. The third kappa shape index (κ3) is 11.7. The maximum absolute atomic E-state index is 15.2. The first-order valence-corrected chi connectivity index (χ1v) is 25.3. The fourth-order valence-electron chi connectivity index (χ4n) is 11.0. The molecular weight excluding hydrogens is 934 g/mol. The van der Waals surface area contributed by atoms with E-state index in [4.69, 9.17) is 33.7 Å². The van der Waals surface area contributed by atoms with Crippen molar-refractivity contribution in [2.24, 2.45) is 22.9 Å². The van der Waals surface area contributed by atoms with Gasteiger partial charge in [0.15, 0.2) is 0 Å². The molecule has 5 aromatic rings. The Hall–Kier alpha value is -6.91. The first kappa shape index (κ1) is 51.0. The summed E-state index contributed by atoms with van der Waals surface area (Å²) < 4.78 is 47.9. The molecule has 14 nitrogen and oxygen atoms in total. The number of benzene rings is 5. The van der Waals surface area contributed by atoms with Gasteiger partial charge in [-0.05, 0) is 127 Å². The third-order valence-corrected chi connectivity index (χ3v) is 14.4. The molecule has 2 heterocycles. The van der Waals surface area contributed by atoms with Gasteiger partial charge in [-0.25, -0.2) is 9.18 Å². The third-order valence-electron chi connectivity index (χ3n) is 14.4. The minimum Gasteiger partial charge on any atom is -0.459 e. The Balaban J connectivity index is 1.22. The number of halogens is 1. The van der Waals surface area contributed by atoms with E-state index in [-0.39, 0.29) is 62.0 Å². The summed E-state index contributed by atoms with van der Waals surface area (Å²) in [5.41, 5.74) is 4.78. The highest BCUT2D eigenvalue weighted by atomic mass is 19.1. The van der Waals surface area contributed by atoms with E-state index in [1.54, 1.807) is 18.2 Å². The number of nitro benzene ring substituents is 1. The van der Waals surface area contributed by atoms with Crippen molar-refractivity contribution in [2.75, 3.05) is 26.4 Å². The van der Waals surface area contributed by atoms with Crippen LogP contribution in [0.15, 0.2) is 151 Å². The second kappa shape index (κ2) is 23.8. The van der Waals surface area contributed by atoms with Gasteiger partial charge >= 0.3 is 6.09 Å². The van der Waals surface area contributed by atoms with Gasteiger partial charge in [-0.15, -0.1) is 6.58 Å². The van der Waals surface area contributed by atoms with Gasteiger partial charge in [0.1, 0.15) is 34.9 Å². The van der Waals surface area contributed by atoms with Crippen LogP contribution in [0.1, 0.15) is 81.3 Å². The summed E-state index contributed by atoms with van der Waals surface area (Å²) in [5, 5.41) is 36.7. The number of nitrogens with zero attached hydrogens (tertiary/aromatic N) is 3. The minimum absolute atomic E-state index is 0.0122. The van der Waals surface area contributed by atoms with Gasteiger partial charge < -0.3 is 38.7 Å². The summed E-state index contributed by atoms with van der Waals surface area (Å²) in [6, 6.07) is 33.9. The number of hydrogen-bond acceptors (Lipinski definition) is 12. The van der Waals surface area contributed by atoms with Crippen molar-refractivity contribution in [3.63, 3.8) is 0 Å². The lowest BCUT2D eigenvalue weighted by molar-refractivity contribution is -0.384. The van der Waals surface area contributed by atoms with Crippen molar-refractivity contribution >= 4 is 17.5 Å². The molecule has 0 spiro atoms. The van der Waals surface area contributed by atoms with Gasteiger partial charge in [0.25, 0.3) is 5.69 Å². The van der Waals surface area contributed by atoms with E-state index in [0.29, 0.717) is 60.8 Å². The van der Waals surface area contributed by atoms with Crippen LogP contribution < -0.4 is 14.2 Å². The number of allylic oxidation sites excluding steroid dienone is 1. The number of unbranched alkanes of at least 4 members (excludes halogenated alkanes) is 2. The summed E-state index contributed by atoms with van der Waals surface area (Å²) in [6.07, 6.45) is 9.10. The predicted molar refractivity (Wildman–Crippen MR) is 273 cm³/mol. The molecule has 1 unspecified atom stereocenters. The number of carbonyl (C=O) groups is 1. The second-order valence-corrected chi connectivity index (χ2v) is 19.0. The molecule has 1 saturated heterocycles. The molecule has 15 heteroatoms. The van der Waals surface area contributed by atoms with E-state index < -0.39 is 40.9 Å². The SMILES string of the molecule is C=CCO[C@@]12Oc3ccc(Oc4ccc(-c5ccccc5)cc4)cc3[C@H]3[C@H](CCCCO)[C@@H](CCCCO)C=C(C(=NOC4CCCCO4)C[C@@H]1N(Cc1ccc(F)cc1)C(=O)Oc1ccc([N+](=O)[O-])cc1)[C@H]32. The number of aliphatic hydroxyl groups excluding tert-OH is 2. The predicted octanol–water partition coefficient (Wildman–Crippen LogP) is 12.1. The summed E-state index contributed by atoms with van der Waals surface area (Å²) in [4.78, 5) is 34.0. The van der Waals surface area contributed by atoms with Crippen molar-refractivity contribution in [1.29, 1.82) is 0 Å². The number of nitro groups is 1. The smallest absolute Gasteiger partial charge is 0.416 e. The van der Waals surface area contributed by atoms with Crippen LogP contribution in [0.5, 0.6) is 23.0 Å². The molecule has 0 aromatic heterocycles. The molecule has 382 valence electrons. The number of rotatable bonds is 21. The van der Waals surface area contributed by atoms with Crippen LogP contribution in [-0.4, -0.2) is 76.4 Å². The van der Waals surface area contributed by atoms with Crippen LogP contribution in [0, 0.1) is 33.7 Å². The standard InChI is InChI=1S/C58H62FN3O11/c1-2-33-69-58-53(61(38-39-17-21-43(59)22-18-39)57(65)71-46-27-23-44(24-28-46)62(66)67)37-51(60-73-54-16-8-11-34-68-54)49-35-42(14-6-9-31-63)48(15-7-10-32-64)55(56(49)58)50-36-47(29-30-52(50)72-58)70-45-25-19-41(20-26-45)40-12-4-3-5-13-40/h2-5,12-13,17-30,35-36,42,48,53-56,63-64H,1,6-11,14-16,31-34,37-38H2/t42-,48+,53-,54?,55+,56+,58+/m0/s1. The van der Waals surface area contributed by atoms with Crippen LogP contribution in [0.3, 0.4) is 0 Å². The Morgan fingerprint density at radius 2 is 1.59 bits per heavy atom. The summed E-state index contributed by atoms with van der Waals surface area (Å²) >= 11 is 0. The van der Waals surface area contributed by atoms with Crippen LogP contribution in [-0.2, 0) is 20.9 Å². The summed E-state index contributed by atoms with van der Waals surface area (Å²) in [5.74, 6) is -1.45. The monoisotopic (exact) mass is 995 g/mol. The Morgan fingerprint density at radius 1 is 0.877 bits per heavy atom. The molecule has 4 aliphatic rings. The zero-order valence-corrected chi connectivity index (χ0v) is 40.8. The molecule has 2 aliphatic heterocycles. The van der Waals surface area contributed by atoms with Gasteiger partial charge in [0, 0.05) is 56.2 Å². The molecule has 1 saturated carbocycles. The number of carbonyl (C=O) groups excluding carboxylic acids is 1. The largest absolute Gasteiger partial charge is 0.459 e. The molecular formula is C58H62FN3O11. The lowest BCUT2D eigenvalue weighted by Crippen LogP contribution is -2.70. The van der Waals surface area contributed by atoms with Gasteiger partial charge in [0.2, 0.25) is 12.1 Å². The Bertz CT molecular complexity index is 2730. The van der Waals surface area contributed by atoms with Gasteiger partial charge in [0.05, 0.1) is 29.8 Å². The van der Waals surface area contributed by atoms with E-state index in [0.717, 1.165) is 54.4 Å². The van der Waals surface area contributed by atoms with Crippen molar-refractivity contribution in [3.8, 4) is 34.1 Å². The molecule has 1 amide bonds. The number of oxime groups is 1. The molecule has 2 N–H and O–H groups in total. The van der Waals surface area contributed by atoms with Crippen LogP contribution in [0.2, 0.25) is 0 Å². The van der Waals surface area contributed by atoms with Crippen molar-refractivity contribution < 1.29 is 52.8 Å². The number of hydrogen-bond donors (Lipinski definition) is 2. The van der Waals surface area contributed by atoms with E-state index in [9.17, 15) is 24.7 Å². The van der Waals surface area contributed by atoms with Gasteiger partial charge in [-0.3, -0.25) is 15.0 Å². The molecule has 2 aliphatic carbocycles. The number of aliphatic hydroxyl groups is 2. The van der Waals surface area contributed by atoms with E-state index >= 15 is 4.79 Å². The van der Waals surface area contributed by atoms with Gasteiger partial charge in [-0.2, -0.15) is 0 Å². The molecule has 0 bridgehead atoms. The van der Waals surface area contributed by atoms with Crippen molar-refractivity contribution in [2.45, 2.75) is 94.8 Å². The normalized spacial score (nSPS) is 23.5. The lowest BCUT2D eigenvalue weighted by atomic mass is 9.55. The first-order valence-electron chi connectivity index (χ1n) is 25.3. The molecule has 2 fully saturated rings. The fraction of sp³-hybridized carbons (Fsp3) is 0.379. The highest BCUT2D eigenvalue weighted by Gasteiger charge is 2.66. The first-order chi connectivity index (χ1) is 35.7. The molecule has 73 heavy (non-hydrogen) atoms. The summed E-state index contributed by atoms with van der Waals surface area (Å²) in [6.45, 7) is 4.56. The number of amides is 1. The van der Waals surface area contributed by atoms with E-state index in [1.165, 1.54) is 41.3 Å². The number of ether oxygens (including phenoxy) is 5. The molecule has 5 aromatic carbocycles. The summed E-state index contributed by atoms with van der Waals surface area (Å²) in [7, 11) is 0. The topological polar surface area (TPSA) is 172 Å². The van der Waals surface area contributed by atoms with Gasteiger partial charge in [-0.1, -0.05) is 84.7 Å². The van der Waals surface area contributed by atoms with Crippen molar-refractivity contribution in [3.05, 3.63) is 173 Å². The number of non-ortho nitro benzene ring substituents is 1. The Morgan fingerprint density at radius 3 is 2.29 bits per heavy atom. The lowest BCUT2D eigenvalue weighted by Gasteiger charge is -2.59. The zero-order valence-electron chi connectivity index (χ0n) is 40.8. The highest BCUT2D eigenvalue weighted by Crippen LogP contribution is 2.62. The van der Waals surface area contributed by atoms with Crippen LogP contribution >= 0.6 is 0 Å². The average molecular weight is 996 g/mol. The quantitative estimate of drug-likeness (QED) is 0.0310. The van der Waals surface area contributed by atoms with Crippen molar-refractivity contribution in [1.82, 2.24) is 4.90 Å². The zero-order chi connectivity index (χ0) is 50.7. The maximum Gasteiger partial charge on any atom is 0.416 e. The van der Waals surface area contributed by atoms with E-state index in [1.807, 2.05) is 60.7 Å². The molecule has 7 atom stereocenters. The molecule has 0 radical (unpaired) electrons. The Labute approximate surface area is 424 Å². The highest BCUT2D eigenvalue weighted by molar-refractivity contribution is 6.03. The average Bonchev–Trinajstić information content (AvgIpc) is 3.42. The molecule has 9 rings (SSSR count). The van der Waals surface area contributed by atoms with E-state index in [2.05, 4.69) is 24.8 Å². The van der Waals surface area contributed by atoms with Crippen LogP contribution in [0.4, 0.5) is 14.9 Å². The fourth-order valence-corrected chi connectivity index (χ4v) is 11.0. The Kier molecular flexibility index (Phi) is 16.6. The maximum atomic E-state index is 15.2. The minimum atomic E-state index is -1.66. The second-order valence-electron chi connectivity index (χ2n) is 19.0.